The molecular weight excluding hydrogens is 242 g/mol. The van der Waals surface area contributed by atoms with Crippen molar-refractivity contribution in [2.45, 2.75) is 0 Å². The SMILES string of the molecule is NC(=O)c1ccnc(Br)c1[N+](=O)[O-]. The molecule has 0 aliphatic heterocycles. The summed E-state index contributed by atoms with van der Waals surface area (Å²) < 4.78 is -0.00574. The van der Waals surface area contributed by atoms with Gasteiger partial charge >= 0.3 is 5.69 Å². The molecule has 2 N–H and O–H groups in total. The highest BCUT2D eigenvalue weighted by atomic mass is 79.9. The van der Waals surface area contributed by atoms with E-state index < -0.39 is 16.5 Å². The third kappa shape index (κ3) is 1.81. The van der Waals surface area contributed by atoms with Crippen LogP contribution in [0.5, 0.6) is 0 Å². The molecule has 1 heterocycles. The highest BCUT2D eigenvalue weighted by Crippen LogP contribution is 2.25. The molecule has 0 unspecified atom stereocenters. The molecule has 7 heteroatoms. The summed E-state index contributed by atoms with van der Waals surface area (Å²) >= 11 is 2.86. The summed E-state index contributed by atoms with van der Waals surface area (Å²) in [4.78, 5) is 24.1. The molecule has 0 aliphatic rings. The number of pyridine rings is 1. The summed E-state index contributed by atoms with van der Waals surface area (Å²) in [5.74, 6) is -0.852. The van der Waals surface area contributed by atoms with Crippen molar-refractivity contribution in [2.24, 2.45) is 5.73 Å². The fraction of sp³-hybridized carbons (Fsp3) is 0. The maximum Gasteiger partial charge on any atom is 0.314 e. The van der Waals surface area contributed by atoms with Gasteiger partial charge in [0.05, 0.1) is 4.92 Å². The Hall–Kier alpha value is -1.50. The number of rotatable bonds is 2. The van der Waals surface area contributed by atoms with Crippen molar-refractivity contribution in [1.29, 1.82) is 0 Å². The first kappa shape index (κ1) is 9.59. The minimum Gasteiger partial charge on any atom is -0.365 e. The zero-order valence-corrected chi connectivity index (χ0v) is 7.82. The summed E-state index contributed by atoms with van der Waals surface area (Å²) in [7, 11) is 0. The molecule has 6 nitrogen and oxygen atoms in total. The van der Waals surface area contributed by atoms with Gasteiger partial charge in [0.1, 0.15) is 5.56 Å². The molecule has 0 aliphatic carbocycles. The molecule has 0 spiro atoms. The molecule has 1 aromatic heterocycles. The third-order valence-corrected chi connectivity index (χ3v) is 1.91. The molecule has 68 valence electrons. The van der Waals surface area contributed by atoms with Crippen LogP contribution in [-0.2, 0) is 0 Å². The van der Waals surface area contributed by atoms with E-state index in [2.05, 4.69) is 20.9 Å². The molecule has 0 aromatic carbocycles. The fourth-order valence-corrected chi connectivity index (χ4v) is 1.28. The van der Waals surface area contributed by atoms with E-state index in [1.54, 1.807) is 0 Å². The molecular formula is C6H4BrN3O3. The number of hydrogen-bond donors (Lipinski definition) is 1. The Balaban J connectivity index is 3.43. The van der Waals surface area contributed by atoms with E-state index in [4.69, 9.17) is 5.73 Å². The Labute approximate surface area is 81.0 Å². The van der Waals surface area contributed by atoms with Gasteiger partial charge in [-0.2, -0.15) is 0 Å². The van der Waals surface area contributed by atoms with E-state index in [-0.39, 0.29) is 10.2 Å². The molecule has 1 amide bonds. The maximum atomic E-state index is 10.7. The van der Waals surface area contributed by atoms with Crippen molar-refractivity contribution < 1.29 is 9.72 Å². The number of primary amides is 1. The number of aromatic nitrogens is 1. The van der Waals surface area contributed by atoms with Gasteiger partial charge in [0.15, 0.2) is 4.60 Å². The Bertz CT molecular complexity index is 379. The van der Waals surface area contributed by atoms with Gasteiger partial charge in [-0.15, -0.1) is 0 Å². The molecule has 1 aromatic rings. The van der Waals surface area contributed by atoms with Gasteiger partial charge in [0.25, 0.3) is 5.91 Å². The summed E-state index contributed by atoms with van der Waals surface area (Å²) in [5.41, 5.74) is 4.36. The van der Waals surface area contributed by atoms with Crippen molar-refractivity contribution in [2.75, 3.05) is 0 Å². The van der Waals surface area contributed by atoms with E-state index >= 15 is 0 Å². The first-order valence-corrected chi connectivity index (χ1v) is 3.92. The topological polar surface area (TPSA) is 99.1 Å². The van der Waals surface area contributed by atoms with Gasteiger partial charge in [-0.25, -0.2) is 4.98 Å². The van der Waals surface area contributed by atoms with Crippen molar-refractivity contribution in [1.82, 2.24) is 4.98 Å². The Morgan fingerprint density at radius 1 is 1.69 bits per heavy atom. The molecule has 13 heavy (non-hydrogen) atoms. The first-order chi connectivity index (χ1) is 6.04. The standard InChI is InChI=1S/C6H4BrN3O3/c7-5-4(10(12)13)3(6(8)11)1-2-9-5/h1-2H,(H2,8,11). The predicted octanol–water partition coefficient (Wildman–Crippen LogP) is 0.851. The maximum absolute atomic E-state index is 10.7. The predicted molar refractivity (Wildman–Crippen MR) is 47.1 cm³/mol. The summed E-state index contributed by atoms with van der Waals surface area (Å²) in [6, 6.07) is 1.20. The molecule has 0 atom stereocenters. The number of nitrogens with two attached hydrogens (primary N) is 1. The van der Waals surface area contributed by atoms with Crippen molar-refractivity contribution >= 4 is 27.5 Å². The van der Waals surface area contributed by atoms with Gasteiger partial charge in [-0.05, 0) is 22.0 Å². The van der Waals surface area contributed by atoms with Crippen LogP contribution in [0.15, 0.2) is 16.9 Å². The minimum absolute atomic E-state index is 0.00574. The highest BCUT2D eigenvalue weighted by molar-refractivity contribution is 9.10. The van der Waals surface area contributed by atoms with Crippen LogP contribution in [0.1, 0.15) is 10.4 Å². The monoisotopic (exact) mass is 245 g/mol. The summed E-state index contributed by atoms with van der Waals surface area (Å²) in [6.07, 6.45) is 1.26. The number of halogens is 1. The smallest absolute Gasteiger partial charge is 0.314 e. The minimum atomic E-state index is -0.852. The highest BCUT2D eigenvalue weighted by Gasteiger charge is 2.22. The number of hydrogen-bond acceptors (Lipinski definition) is 4. The van der Waals surface area contributed by atoms with Crippen LogP contribution in [0.2, 0.25) is 0 Å². The second kappa shape index (κ2) is 3.48. The number of nitrogens with zero attached hydrogens (tertiary/aromatic N) is 2. The quantitative estimate of drug-likeness (QED) is 0.475. The lowest BCUT2D eigenvalue weighted by Crippen LogP contribution is -2.13. The average Bonchev–Trinajstić information content (AvgIpc) is 2.02. The van der Waals surface area contributed by atoms with E-state index in [1.807, 2.05) is 0 Å². The lowest BCUT2D eigenvalue weighted by atomic mass is 10.2. The Kier molecular flexibility index (Phi) is 2.57. The Morgan fingerprint density at radius 2 is 2.31 bits per heavy atom. The lowest BCUT2D eigenvalue weighted by Gasteiger charge is -1.98. The van der Waals surface area contributed by atoms with Crippen LogP contribution in [-0.4, -0.2) is 15.8 Å². The van der Waals surface area contributed by atoms with Gasteiger partial charge in [-0.1, -0.05) is 0 Å². The zero-order valence-electron chi connectivity index (χ0n) is 6.23. The zero-order chi connectivity index (χ0) is 10.0. The molecule has 0 saturated heterocycles. The van der Waals surface area contributed by atoms with Gasteiger partial charge in [0, 0.05) is 6.20 Å². The molecule has 0 bridgehead atoms. The van der Waals surface area contributed by atoms with Crippen LogP contribution in [0.25, 0.3) is 0 Å². The molecule has 0 fully saturated rings. The Morgan fingerprint density at radius 3 is 2.69 bits per heavy atom. The summed E-state index contributed by atoms with van der Waals surface area (Å²) in [5, 5.41) is 10.5. The van der Waals surface area contributed by atoms with E-state index in [9.17, 15) is 14.9 Å². The van der Waals surface area contributed by atoms with Crippen LogP contribution in [0.4, 0.5) is 5.69 Å². The normalized spacial score (nSPS) is 9.62. The summed E-state index contributed by atoms with van der Waals surface area (Å²) in [6.45, 7) is 0. The molecule has 0 saturated carbocycles. The average molecular weight is 246 g/mol. The molecule has 1 rings (SSSR count). The number of carbonyl (C=O) groups excluding carboxylic acids is 1. The fourth-order valence-electron chi connectivity index (χ4n) is 0.801. The molecule has 0 radical (unpaired) electrons. The van der Waals surface area contributed by atoms with Crippen molar-refractivity contribution in [3.8, 4) is 0 Å². The first-order valence-electron chi connectivity index (χ1n) is 3.12. The van der Waals surface area contributed by atoms with Crippen LogP contribution in [0, 0.1) is 10.1 Å². The van der Waals surface area contributed by atoms with Crippen LogP contribution < -0.4 is 5.73 Å². The third-order valence-electron chi connectivity index (χ3n) is 1.33. The van der Waals surface area contributed by atoms with Crippen LogP contribution >= 0.6 is 15.9 Å². The van der Waals surface area contributed by atoms with E-state index in [1.165, 1.54) is 12.3 Å². The lowest BCUT2D eigenvalue weighted by molar-refractivity contribution is -0.386. The van der Waals surface area contributed by atoms with Gasteiger partial charge in [0.2, 0.25) is 0 Å². The number of amides is 1. The van der Waals surface area contributed by atoms with Crippen molar-refractivity contribution in [3.63, 3.8) is 0 Å². The van der Waals surface area contributed by atoms with Gasteiger partial charge < -0.3 is 5.73 Å². The second-order valence-corrected chi connectivity index (χ2v) is 2.87. The number of nitro groups is 1. The van der Waals surface area contributed by atoms with Crippen LogP contribution in [0.3, 0.4) is 0 Å². The van der Waals surface area contributed by atoms with Crippen molar-refractivity contribution in [3.05, 3.63) is 32.5 Å². The largest absolute Gasteiger partial charge is 0.365 e. The number of carbonyl (C=O) groups is 1. The second-order valence-electron chi connectivity index (χ2n) is 2.12. The van der Waals surface area contributed by atoms with Gasteiger partial charge in [-0.3, -0.25) is 14.9 Å². The van der Waals surface area contributed by atoms with E-state index in [0.29, 0.717) is 0 Å². The van der Waals surface area contributed by atoms with E-state index in [0.717, 1.165) is 0 Å².